The maximum absolute atomic E-state index is 12.4. The average molecular weight is 306 g/mol. The van der Waals surface area contributed by atoms with Crippen LogP contribution < -0.4 is 5.32 Å². The molecular weight excluding hydrogens is 286 g/mol. The molecule has 21 heavy (non-hydrogen) atoms. The Morgan fingerprint density at radius 2 is 1.90 bits per heavy atom. The average Bonchev–Trinajstić information content (AvgIpc) is 2.66. The van der Waals surface area contributed by atoms with Gasteiger partial charge in [0.2, 0.25) is 0 Å². The lowest BCUT2D eigenvalue weighted by Crippen LogP contribution is -2.13. The van der Waals surface area contributed by atoms with Crippen LogP contribution in [0.4, 0.5) is 5.69 Å². The second-order valence-electron chi connectivity index (χ2n) is 5.65. The van der Waals surface area contributed by atoms with Gasteiger partial charge in [0.25, 0.3) is 5.91 Å². The van der Waals surface area contributed by atoms with Crippen molar-refractivity contribution in [3.05, 3.63) is 46.2 Å². The van der Waals surface area contributed by atoms with Crippen molar-refractivity contribution in [3.8, 4) is 0 Å². The number of hydrogen-bond donors (Lipinski definition) is 1. The van der Waals surface area contributed by atoms with Crippen LogP contribution in [-0.2, 0) is 6.54 Å². The van der Waals surface area contributed by atoms with E-state index in [-0.39, 0.29) is 5.91 Å². The first-order chi connectivity index (χ1) is 9.88. The quantitative estimate of drug-likeness (QED) is 0.926. The first kappa shape index (κ1) is 15.6. The van der Waals surface area contributed by atoms with Gasteiger partial charge in [-0.2, -0.15) is 5.10 Å². The number of rotatable bonds is 4. The maximum atomic E-state index is 12.4. The van der Waals surface area contributed by atoms with E-state index in [2.05, 4.69) is 24.3 Å². The van der Waals surface area contributed by atoms with Crippen LogP contribution in [-0.4, -0.2) is 15.7 Å². The minimum atomic E-state index is -0.226. The summed E-state index contributed by atoms with van der Waals surface area (Å²) in [6, 6.07) is 7.64. The molecule has 5 heteroatoms. The van der Waals surface area contributed by atoms with Crippen LogP contribution in [0, 0.1) is 19.8 Å². The number of anilines is 1. The first-order valence-corrected chi connectivity index (χ1v) is 7.37. The Hall–Kier alpha value is -1.81. The zero-order chi connectivity index (χ0) is 15.6. The van der Waals surface area contributed by atoms with Crippen molar-refractivity contribution in [1.29, 1.82) is 0 Å². The molecule has 0 spiro atoms. The summed E-state index contributed by atoms with van der Waals surface area (Å²) in [7, 11) is 0. The monoisotopic (exact) mass is 305 g/mol. The van der Waals surface area contributed by atoms with Gasteiger partial charge in [0.05, 0.1) is 11.3 Å². The third kappa shape index (κ3) is 3.64. The minimum Gasteiger partial charge on any atom is -0.322 e. The van der Waals surface area contributed by atoms with E-state index in [9.17, 15) is 4.79 Å². The molecule has 0 bridgehead atoms. The predicted octanol–water partition coefficient (Wildman–Crippen LogP) is 4.06. The number of nitrogens with zero attached hydrogens (tertiary/aromatic N) is 2. The number of carbonyl (C=O) groups excluding carboxylic acids is 1. The standard InChI is InChI=1S/C16H20ClN3O/c1-10(2)9-20-15(17)14(12(4)19-20)16(21)18-13-7-5-11(3)6-8-13/h5-8,10H,9H2,1-4H3,(H,18,21). The molecule has 2 rings (SSSR count). The summed E-state index contributed by atoms with van der Waals surface area (Å²) in [6.07, 6.45) is 0. The van der Waals surface area contributed by atoms with E-state index in [1.165, 1.54) is 0 Å². The van der Waals surface area contributed by atoms with E-state index < -0.39 is 0 Å². The summed E-state index contributed by atoms with van der Waals surface area (Å²) in [5, 5.41) is 7.60. The largest absolute Gasteiger partial charge is 0.322 e. The summed E-state index contributed by atoms with van der Waals surface area (Å²) < 4.78 is 1.69. The fourth-order valence-corrected chi connectivity index (χ4v) is 2.44. The number of amides is 1. The second-order valence-corrected chi connectivity index (χ2v) is 6.01. The van der Waals surface area contributed by atoms with Gasteiger partial charge in [0.15, 0.2) is 0 Å². The highest BCUT2D eigenvalue weighted by atomic mass is 35.5. The van der Waals surface area contributed by atoms with Crippen LogP contribution >= 0.6 is 11.6 Å². The molecule has 0 fully saturated rings. The van der Waals surface area contributed by atoms with Crippen molar-refractivity contribution in [2.24, 2.45) is 5.92 Å². The van der Waals surface area contributed by atoms with Crippen LogP contribution in [0.2, 0.25) is 5.15 Å². The van der Waals surface area contributed by atoms with E-state index in [0.29, 0.717) is 28.9 Å². The third-order valence-electron chi connectivity index (χ3n) is 3.14. The van der Waals surface area contributed by atoms with Gasteiger partial charge in [-0.05, 0) is 31.9 Å². The molecule has 4 nitrogen and oxygen atoms in total. The van der Waals surface area contributed by atoms with Crippen molar-refractivity contribution in [1.82, 2.24) is 9.78 Å². The second kappa shape index (κ2) is 6.31. The Morgan fingerprint density at radius 1 is 1.29 bits per heavy atom. The molecule has 0 radical (unpaired) electrons. The van der Waals surface area contributed by atoms with E-state index in [1.807, 2.05) is 31.2 Å². The van der Waals surface area contributed by atoms with Gasteiger partial charge < -0.3 is 5.32 Å². The molecule has 1 aromatic heterocycles. The van der Waals surface area contributed by atoms with E-state index in [0.717, 1.165) is 11.3 Å². The Balaban J connectivity index is 2.23. The smallest absolute Gasteiger partial charge is 0.260 e. The highest BCUT2D eigenvalue weighted by Gasteiger charge is 2.20. The lowest BCUT2D eigenvalue weighted by Gasteiger charge is -2.07. The molecule has 0 aliphatic rings. The predicted molar refractivity (Wildman–Crippen MR) is 85.9 cm³/mol. The normalized spacial score (nSPS) is 11.0. The van der Waals surface area contributed by atoms with Crippen molar-refractivity contribution >= 4 is 23.2 Å². The molecule has 0 aliphatic carbocycles. The summed E-state index contributed by atoms with van der Waals surface area (Å²) in [5.41, 5.74) is 2.98. The van der Waals surface area contributed by atoms with Gasteiger partial charge in [-0.15, -0.1) is 0 Å². The van der Waals surface area contributed by atoms with Crippen LogP contribution in [0.3, 0.4) is 0 Å². The summed E-state index contributed by atoms with van der Waals surface area (Å²) in [6.45, 7) is 8.66. The number of hydrogen-bond acceptors (Lipinski definition) is 2. The molecule has 1 amide bonds. The molecule has 0 atom stereocenters. The summed E-state index contributed by atoms with van der Waals surface area (Å²) in [4.78, 5) is 12.4. The molecule has 112 valence electrons. The fraction of sp³-hybridized carbons (Fsp3) is 0.375. The lowest BCUT2D eigenvalue weighted by molar-refractivity contribution is 0.102. The fourth-order valence-electron chi connectivity index (χ4n) is 2.11. The van der Waals surface area contributed by atoms with Gasteiger partial charge in [-0.1, -0.05) is 43.1 Å². The lowest BCUT2D eigenvalue weighted by atomic mass is 10.2. The SMILES string of the molecule is Cc1ccc(NC(=O)c2c(C)nn(CC(C)C)c2Cl)cc1. The summed E-state index contributed by atoms with van der Waals surface area (Å²) in [5.74, 6) is 0.186. The Kier molecular flexibility index (Phi) is 4.68. The molecule has 0 saturated carbocycles. The van der Waals surface area contributed by atoms with E-state index >= 15 is 0 Å². The minimum absolute atomic E-state index is 0.226. The Morgan fingerprint density at radius 3 is 2.48 bits per heavy atom. The molecule has 0 unspecified atom stereocenters. The van der Waals surface area contributed by atoms with E-state index in [1.54, 1.807) is 11.6 Å². The Bertz CT molecular complexity index is 644. The topological polar surface area (TPSA) is 46.9 Å². The number of halogens is 1. The third-order valence-corrected chi connectivity index (χ3v) is 3.52. The number of benzene rings is 1. The van der Waals surface area contributed by atoms with Crippen LogP contribution in [0.1, 0.15) is 35.5 Å². The highest BCUT2D eigenvalue weighted by Crippen LogP contribution is 2.22. The van der Waals surface area contributed by atoms with Gasteiger partial charge in [0, 0.05) is 12.2 Å². The number of carbonyl (C=O) groups is 1. The van der Waals surface area contributed by atoms with Gasteiger partial charge in [0.1, 0.15) is 5.15 Å². The Labute approximate surface area is 130 Å². The maximum Gasteiger partial charge on any atom is 0.260 e. The van der Waals surface area contributed by atoms with E-state index in [4.69, 9.17) is 11.6 Å². The zero-order valence-electron chi connectivity index (χ0n) is 12.8. The van der Waals surface area contributed by atoms with Gasteiger partial charge in [-0.3, -0.25) is 9.48 Å². The molecular formula is C16H20ClN3O. The van der Waals surface area contributed by atoms with Crippen LogP contribution in [0.5, 0.6) is 0 Å². The van der Waals surface area contributed by atoms with Crippen molar-refractivity contribution < 1.29 is 4.79 Å². The molecule has 1 heterocycles. The molecule has 1 aromatic carbocycles. The molecule has 0 saturated heterocycles. The van der Waals surface area contributed by atoms with Crippen LogP contribution in [0.15, 0.2) is 24.3 Å². The highest BCUT2D eigenvalue weighted by molar-refractivity contribution is 6.33. The van der Waals surface area contributed by atoms with Crippen molar-refractivity contribution in [3.63, 3.8) is 0 Å². The zero-order valence-corrected chi connectivity index (χ0v) is 13.5. The summed E-state index contributed by atoms with van der Waals surface area (Å²) >= 11 is 6.30. The van der Waals surface area contributed by atoms with Gasteiger partial charge in [-0.25, -0.2) is 0 Å². The molecule has 2 aromatic rings. The number of aromatic nitrogens is 2. The van der Waals surface area contributed by atoms with Crippen molar-refractivity contribution in [2.45, 2.75) is 34.2 Å². The number of aryl methyl sites for hydroxylation is 2. The number of nitrogens with one attached hydrogen (secondary N) is 1. The molecule has 1 N–H and O–H groups in total. The van der Waals surface area contributed by atoms with Crippen molar-refractivity contribution in [2.75, 3.05) is 5.32 Å². The molecule has 0 aliphatic heterocycles. The first-order valence-electron chi connectivity index (χ1n) is 6.99. The van der Waals surface area contributed by atoms with Crippen LogP contribution in [0.25, 0.3) is 0 Å². The van der Waals surface area contributed by atoms with Gasteiger partial charge >= 0.3 is 0 Å².